The highest BCUT2D eigenvalue weighted by molar-refractivity contribution is 5.93. The van der Waals surface area contributed by atoms with Crippen LogP contribution in [0.1, 0.15) is 54.7 Å². The third-order valence-corrected chi connectivity index (χ3v) is 6.95. The molecule has 0 saturated heterocycles. The van der Waals surface area contributed by atoms with E-state index < -0.39 is 0 Å². The summed E-state index contributed by atoms with van der Waals surface area (Å²) in [4.78, 5) is 17.5. The Bertz CT molecular complexity index is 837. The predicted octanol–water partition coefficient (Wildman–Crippen LogP) is 3.10. The van der Waals surface area contributed by atoms with Crippen LogP contribution in [0.25, 0.3) is 5.65 Å². The first-order chi connectivity index (χ1) is 13.0. The molecule has 144 valence electrons. The van der Waals surface area contributed by atoms with Gasteiger partial charge in [0.2, 0.25) is 0 Å². The Morgan fingerprint density at radius 1 is 1.26 bits per heavy atom. The van der Waals surface area contributed by atoms with Crippen molar-refractivity contribution in [2.45, 2.75) is 45.1 Å². The molecular formula is C21H28N4O2. The van der Waals surface area contributed by atoms with Crippen LogP contribution in [0, 0.1) is 23.2 Å². The zero-order valence-corrected chi connectivity index (χ0v) is 15.9. The number of carbonyl (C=O) groups excluding carboxylic acids is 1. The minimum absolute atomic E-state index is 0.0300. The molecule has 0 radical (unpaired) electrons. The first kappa shape index (κ1) is 17.2. The molecule has 6 rings (SSSR count). The van der Waals surface area contributed by atoms with E-state index in [1.54, 1.807) is 7.05 Å². The summed E-state index contributed by atoms with van der Waals surface area (Å²) in [5, 5.41) is 13.8. The molecule has 0 aromatic carbocycles. The quantitative estimate of drug-likeness (QED) is 0.796. The Hall–Kier alpha value is -1.92. The van der Waals surface area contributed by atoms with Gasteiger partial charge in [0.25, 0.3) is 5.91 Å². The van der Waals surface area contributed by atoms with Crippen LogP contribution in [0.3, 0.4) is 0 Å². The lowest BCUT2D eigenvalue weighted by Gasteiger charge is -2.56. The second-order valence-corrected chi connectivity index (χ2v) is 9.29. The number of pyridine rings is 1. The number of carbonyl (C=O) groups is 1. The Balaban J connectivity index is 1.33. The van der Waals surface area contributed by atoms with Gasteiger partial charge in [-0.3, -0.25) is 9.20 Å². The van der Waals surface area contributed by atoms with Gasteiger partial charge in [-0.05, 0) is 73.8 Å². The van der Waals surface area contributed by atoms with Gasteiger partial charge < -0.3 is 10.5 Å². The summed E-state index contributed by atoms with van der Waals surface area (Å²) in [6.07, 6.45) is 9.98. The molecule has 2 N–H and O–H groups in total. The van der Waals surface area contributed by atoms with Crippen LogP contribution in [0.4, 0.5) is 0 Å². The standard InChI is InChI=1S/C21H28N4O2/c1-24(27)11-17-12-25-18(3-2-4-19(25)23-17)20(26)22-13-21-8-14-5-15(9-21)7-16(6-14)10-21/h2-4,12,14-16,27H,5-11,13H2,1H3,(H,22,26). The number of imidazole rings is 1. The molecule has 2 aromatic rings. The van der Waals surface area contributed by atoms with E-state index in [2.05, 4.69) is 10.3 Å². The molecule has 0 spiro atoms. The first-order valence-corrected chi connectivity index (χ1v) is 10.1. The molecule has 2 aromatic heterocycles. The fourth-order valence-electron chi connectivity index (χ4n) is 6.42. The molecule has 2 heterocycles. The summed E-state index contributed by atoms with van der Waals surface area (Å²) in [5.41, 5.74) is 2.41. The lowest BCUT2D eigenvalue weighted by atomic mass is 9.49. The minimum Gasteiger partial charge on any atom is -0.350 e. The summed E-state index contributed by atoms with van der Waals surface area (Å²) in [7, 11) is 1.59. The molecule has 27 heavy (non-hydrogen) atoms. The Morgan fingerprint density at radius 3 is 2.56 bits per heavy atom. The zero-order chi connectivity index (χ0) is 18.6. The Morgan fingerprint density at radius 2 is 1.93 bits per heavy atom. The monoisotopic (exact) mass is 368 g/mol. The van der Waals surface area contributed by atoms with Crippen molar-refractivity contribution < 1.29 is 10.0 Å². The fraction of sp³-hybridized carbons (Fsp3) is 0.619. The smallest absolute Gasteiger partial charge is 0.268 e. The molecule has 0 atom stereocenters. The molecule has 6 nitrogen and oxygen atoms in total. The zero-order valence-electron chi connectivity index (χ0n) is 15.9. The van der Waals surface area contributed by atoms with Gasteiger partial charge >= 0.3 is 0 Å². The van der Waals surface area contributed by atoms with Crippen molar-refractivity contribution in [2.24, 2.45) is 23.2 Å². The second-order valence-electron chi connectivity index (χ2n) is 9.29. The highest BCUT2D eigenvalue weighted by Gasteiger charge is 2.50. The van der Waals surface area contributed by atoms with Crippen LogP contribution in [0.15, 0.2) is 24.4 Å². The highest BCUT2D eigenvalue weighted by atomic mass is 16.5. The van der Waals surface area contributed by atoms with Crippen LogP contribution in [0.5, 0.6) is 0 Å². The Labute approximate surface area is 159 Å². The van der Waals surface area contributed by atoms with Gasteiger partial charge in [-0.2, -0.15) is 5.06 Å². The van der Waals surface area contributed by atoms with Crippen molar-refractivity contribution in [1.29, 1.82) is 0 Å². The molecule has 4 saturated carbocycles. The summed E-state index contributed by atoms with van der Waals surface area (Å²) in [6, 6.07) is 5.60. The molecule has 4 aliphatic carbocycles. The van der Waals surface area contributed by atoms with E-state index >= 15 is 0 Å². The molecule has 4 bridgehead atoms. The Kier molecular flexibility index (Phi) is 4.02. The number of hydrogen-bond acceptors (Lipinski definition) is 4. The third kappa shape index (κ3) is 3.15. The normalized spacial score (nSPS) is 31.7. The topological polar surface area (TPSA) is 69.9 Å². The average Bonchev–Trinajstić information content (AvgIpc) is 3.00. The maximum Gasteiger partial charge on any atom is 0.268 e. The number of fused-ring (bicyclic) bond motifs is 1. The van der Waals surface area contributed by atoms with Crippen molar-refractivity contribution in [3.05, 3.63) is 35.8 Å². The second kappa shape index (κ2) is 6.31. The van der Waals surface area contributed by atoms with Gasteiger partial charge in [-0.15, -0.1) is 0 Å². The van der Waals surface area contributed by atoms with Gasteiger partial charge in [-0.1, -0.05) is 6.07 Å². The average molecular weight is 368 g/mol. The number of hydroxylamine groups is 2. The van der Waals surface area contributed by atoms with Crippen molar-refractivity contribution in [1.82, 2.24) is 19.8 Å². The maximum absolute atomic E-state index is 13.0. The summed E-state index contributed by atoms with van der Waals surface area (Å²) in [6.45, 7) is 1.13. The number of rotatable bonds is 5. The van der Waals surface area contributed by atoms with Gasteiger partial charge in [0.15, 0.2) is 0 Å². The largest absolute Gasteiger partial charge is 0.350 e. The SMILES string of the molecule is CN(O)Cc1cn2c(C(=O)NCC34CC5CC(CC(C5)C3)C4)cccc2n1. The number of nitrogens with zero attached hydrogens (tertiary/aromatic N) is 3. The molecule has 0 unspecified atom stereocenters. The van der Waals surface area contributed by atoms with Crippen LogP contribution >= 0.6 is 0 Å². The fourth-order valence-corrected chi connectivity index (χ4v) is 6.42. The van der Waals surface area contributed by atoms with E-state index in [-0.39, 0.29) is 5.91 Å². The van der Waals surface area contributed by atoms with Gasteiger partial charge in [0.05, 0.1) is 12.2 Å². The molecule has 4 aliphatic rings. The lowest BCUT2D eigenvalue weighted by molar-refractivity contribution is -0.0739. The first-order valence-electron chi connectivity index (χ1n) is 10.1. The van der Waals surface area contributed by atoms with E-state index in [0.717, 1.165) is 40.7 Å². The molecule has 1 amide bonds. The third-order valence-electron chi connectivity index (χ3n) is 6.95. The molecular weight excluding hydrogens is 340 g/mol. The van der Waals surface area contributed by atoms with Crippen LogP contribution in [-0.4, -0.2) is 39.2 Å². The van der Waals surface area contributed by atoms with Crippen LogP contribution in [-0.2, 0) is 6.54 Å². The number of amides is 1. The molecule has 6 heteroatoms. The van der Waals surface area contributed by atoms with Crippen molar-refractivity contribution in [3.63, 3.8) is 0 Å². The molecule has 4 fully saturated rings. The number of aromatic nitrogens is 2. The van der Waals surface area contributed by atoms with Crippen molar-refractivity contribution >= 4 is 11.6 Å². The van der Waals surface area contributed by atoms with E-state index in [0.29, 0.717) is 17.7 Å². The number of hydrogen-bond donors (Lipinski definition) is 2. The van der Waals surface area contributed by atoms with Crippen molar-refractivity contribution in [2.75, 3.05) is 13.6 Å². The van der Waals surface area contributed by atoms with Gasteiger partial charge in [-0.25, -0.2) is 4.98 Å². The lowest BCUT2D eigenvalue weighted by Crippen LogP contribution is -2.51. The van der Waals surface area contributed by atoms with Crippen LogP contribution in [0.2, 0.25) is 0 Å². The summed E-state index contributed by atoms with van der Waals surface area (Å²) >= 11 is 0. The van der Waals surface area contributed by atoms with Gasteiger partial charge in [0, 0.05) is 19.8 Å². The summed E-state index contributed by atoms with van der Waals surface area (Å²) in [5.74, 6) is 2.65. The highest BCUT2D eigenvalue weighted by Crippen LogP contribution is 2.59. The van der Waals surface area contributed by atoms with Gasteiger partial charge in [0.1, 0.15) is 11.3 Å². The minimum atomic E-state index is -0.0300. The summed E-state index contributed by atoms with van der Waals surface area (Å²) < 4.78 is 1.83. The van der Waals surface area contributed by atoms with E-state index in [4.69, 9.17) is 0 Å². The van der Waals surface area contributed by atoms with Crippen LogP contribution < -0.4 is 5.32 Å². The predicted molar refractivity (Wildman–Crippen MR) is 101 cm³/mol. The van der Waals surface area contributed by atoms with E-state index in [1.807, 2.05) is 28.8 Å². The number of nitrogens with one attached hydrogen (secondary N) is 1. The van der Waals surface area contributed by atoms with E-state index in [9.17, 15) is 10.0 Å². The van der Waals surface area contributed by atoms with E-state index in [1.165, 1.54) is 38.5 Å². The van der Waals surface area contributed by atoms with Crippen molar-refractivity contribution in [3.8, 4) is 0 Å². The maximum atomic E-state index is 13.0. The molecule has 0 aliphatic heterocycles.